The van der Waals surface area contributed by atoms with E-state index in [1.165, 1.54) is 37.7 Å². The smallest absolute Gasteiger partial charge is 0.0406 e. The molecule has 0 heterocycles. The van der Waals surface area contributed by atoms with E-state index in [1.807, 2.05) is 0 Å². The molecule has 16 heavy (non-hydrogen) atoms. The normalized spacial score (nSPS) is 21.4. The fourth-order valence-electron chi connectivity index (χ4n) is 2.78. The van der Waals surface area contributed by atoms with Gasteiger partial charge in [0.2, 0.25) is 0 Å². The standard InChI is InChI=1S/C15H25Cl/c1-12(9-11-16)7-8-14-13(2)6-5-10-15(14,3)4/h9H,5-8,10-11H2,1-4H3/b12-9+. The molecule has 0 saturated carbocycles. The first kappa shape index (κ1) is 13.8. The second-order valence-corrected chi connectivity index (χ2v) is 6.01. The zero-order chi connectivity index (χ0) is 12.2. The molecule has 0 aromatic heterocycles. The van der Waals surface area contributed by atoms with E-state index in [9.17, 15) is 0 Å². The molecule has 1 aliphatic rings. The van der Waals surface area contributed by atoms with Crippen molar-refractivity contribution >= 4 is 11.6 Å². The molecule has 1 aliphatic carbocycles. The summed E-state index contributed by atoms with van der Waals surface area (Å²) in [5.41, 5.74) is 5.18. The molecule has 0 radical (unpaired) electrons. The van der Waals surface area contributed by atoms with Gasteiger partial charge in [0.1, 0.15) is 0 Å². The Balaban J connectivity index is 2.67. The van der Waals surface area contributed by atoms with Crippen LogP contribution >= 0.6 is 11.6 Å². The Bertz CT molecular complexity index is 295. The first-order valence-electron chi connectivity index (χ1n) is 6.38. The summed E-state index contributed by atoms with van der Waals surface area (Å²) in [6.07, 6.45) is 8.53. The maximum absolute atomic E-state index is 5.71. The van der Waals surface area contributed by atoms with Crippen LogP contribution in [0.3, 0.4) is 0 Å². The summed E-state index contributed by atoms with van der Waals surface area (Å²) in [6.45, 7) is 9.29. The van der Waals surface area contributed by atoms with E-state index in [4.69, 9.17) is 11.6 Å². The number of halogens is 1. The summed E-state index contributed by atoms with van der Waals surface area (Å²) < 4.78 is 0. The lowest BCUT2D eigenvalue weighted by Gasteiger charge is -2.34. The molecule has 0 nitrogen and oxygen atoms in total. The van der Waals surface area contributed by atoms with Crippen molar-refractivity contribution in [3.05, 3.63) is 22.8 Å². The first-order chi connectivity index (χ1) is 7.47. The van der Waals surface area contributed by atoms with E-state index in [-0.39, 0.29) is 0 Å². The molecule has 0 bridgehead atoms. The third-order valence-corrected chi connectivity index (χ3v) is 4.03. The van der Waals surface area contributed by atoms with Gasteiger partial charge in [-0.2, -0.15) is 0 Å². The van der Waals surface area contributed by atoms with Gasteiger partial charge < -0.3 is 0 Å². The molecule has 92 valence electrons. The molecule has 0 saturated heterocycles. The summed E-state index contributed by atoms with van der Waals surface area (Å²) in [6, 6.07) is 0. The van der Waals surface area contributed by atoms with Gasteiger partial charge in [-0.25, -0.2) is 0 Å². The molecule has 0 atom stereocenters. The molecule has 0 aliphatic heterocycles. The lowest BCUT2D eigenvalue weighted by molar-refractivity contribution is 0.354. The highest BCUT2D eigenvalue weighted by molar-refractivity contribution is 6.18. The van der Waals surface area contributed by atoms with Crippen LogP contribution in [0.1, 0.15) is 59.8 Å². The van der Waals surface area contributed by atoms with Crippen molar-refractivity contribution in [3.8, 4) is 0 Å². The number of allylic oxidation sites excluding steroid dienone is 4. The summed E-state index contributed by atoms with van der Waals surface area (Å²) in [5.74, 6) is 0.646. The summed E-state index contributed by atoms with van der Waals surface area (Å²) >= 11 is 5.71. The number of hydrogen-bond donors (Lipinski definition) is 0. The molecule has 1 rings (SSSR count). The highest BCUT2D eigenvalue weighted by Crippen LogP contribution is 2.42. The van der Waals surface area contributed by atoms with Crippen molar-refractivity contribution in [1.29, 1.82) is 0 Å². The van der Waals surface area contributed by atoms with Crippen molar-refractivity contribution in [2.24, 2.45) is 5.41 Å². The number of hydrogen-bond acceptors (Lipinski definition) is 0. The second kappa shape index (κ2) is 5.91. The van der Waals surface area contributed by atoms with Crippen LogP contribution in [0.2, 0.25) is 0 Å². The van der Waals surface area contributed by atoms with E-state index in [0.717, 1.165) is 0 Å². The van der Waals surface area contributed by atoms with Crippen molar-refractivity contribution < 1.29 is 0 Å². The quantitative estimate of drug-likeness (QED) is 0.451. The molecule has 0 aromatic rings. The van der Waals surface area contributed by atoms with Crippen LogP contribution < -0.4 is 0 Å². The zero-order valence-corrected chi connectivity index (χ0v) is 12.0. The van der Waals surface area contributed by atoms with Gasteiger partial charge in [0.05, 0.1) is 0 Å². The highest BCUT2D eigenvalue weighted by atomic mass is 35.5. The Morgan fingerprint density at radius 3 is 2.69 bits per heavy atom. The van der Waals surface area contributed by atoms with Gasteiger partial charge in [-0.05, 0) is 51.4 Å². The average Bonchev–Trinajstić information content (AvgIpc) is 2.16. The SMILES string of the molecule is CC1=C(CC/C(C)=C/CCl)C(C)(C)CCC1. The Kier molecular flexibility index (Phi) is 5.11. The monoisotopic (exact) mass is 240 g/mol. The van der Waals surface area contributed by atoms with Crippen LogP contribution in [0.15, 0.2) is 22.8 Å². The van der Waals surface area contributed by atoms with Gasteiger partial charge >= 0.3 is 0 Å². The van der Waals surface area contributed by atoms with E-state index in [1.54, 1.807) is 11.1 Å². The molecule has 0 fully saturated rings. The van der Waals surface area contributed by atoms with E-state index < -0.39 is 0 Å². The molecule has 0 aromatic carbocycles. The summed E-state index contributed by atoms with van der Waals surface area (Å²) in [4.78, 5) is 0. The average molecular weight is 241 g/mol. The molecular formula is C15H25Cl. The van der Waals surface area contributed by atoms with Crippen molar-refractivity contribution in [1.82, 2.24) is 0 Å². The maximum atomic E-state index is 5.71. The van der Waals surface area contributed by atoms with Gasteiger partial charge in [-0.3, -0.25) is 0 Å². The third kappa shape index (κ3) is 3.66. The van der Waals surface area contributed by atoms with Crippen LogP contribution in [0.25, 0.3) is 0 Å². The summed E-state index contributed by atoms with van der Waals surface area (Å²) in [7, 11) is 0. The zero-order valence-electron chi connectivity index (χ0n) is 11.2. The largest absolute Gasteiger partial charge is 0.122 e. The second-order valence-electron chi connectivity index (χ2n) is 5.70. The first-order valence-corrected chi connectivity index (χ1v) is 6.91. The van der Waals surface area contributed by atoms with E-state index >= 15 is 0 Å². The van der Waals surface area contributed by atoms with E-state index in [2.05, 4.69) is 33.8 Å². The Morgan fingerprint density at radius 1 is 1.44 bits per heavy atom. The molecule has 0 spiro atoms. The van der Waals surface area contributed by atoms with Gasteiger partial charge in [0.25, 0.3) is 0 Å². The minimum Gasteiger partial charge on any atom is -0.122 e. The fraction of sp³-hybridized carbons (Fsp3) is 0.733. The Labute approximate surface area is 106 Å². The van der Waals surface area contributed by atoms with Gasteiger partial charge in [0, 0.05) is 5.88 Å². The van der Waals surface area contributed by atoms with Gasteiger partial charge in [-0.1, -0.05) is 36.6 Å². The predicted molar refractivity (Wildman–Crippen MR) is 74.0 cm³/mol. The van der Waals surface area contributed by atoms with Crippen LogP contribution in [-0.4, -0.2) is 5.88 Å². The van der Waals surface area contributed by atoms with Crippen LogP contribution in [0.4, 0.5) is 0 Å². The molecule has 1 heteroatoms. The lowest BCUT2D eigenvalue weighted by Crippen LogP contribution is -2.20. The predicted octanol–water partition coefficient (Wildman–Crippen LogP) is 5.48. The lowest BCUT2D eigenvalue weighted by atomic mass is 9.71. The topological polar surface area (TPSA) is 0 Å². The Hall–Kier alpha value is -0.230. The van der Waals surface area contributed by atoms with Crippen molar-refractivity contribution in [3.63, 3.8) is 0 Å². The van der Waals surface area contributed by atoms with Crippen LogP contribution in [0, 0.1) is 5.41 Å². The molecule has 0 amide bonds. The molecule has 0 unspecified atom stereocenters. The summed E-state index contributed by atoms with van der Waals surface area (Å²) in [5, 5.41) is 0. The van der Waals surface area contributed by atoms with Crippen LogP contribution in [0.5, 0.6) is 0 Å². The minimum atomic E-state index is 0.420. The third-order valence-electron chi connectivity index (χ3n) is 3.88. The highest BCUT2D eigenvalue weighted by Gasteiger charge is 2.27. The number of alkyl halides is 1. The van der Waals surface area contributed by atoms with Crippen molar-refractivity contribution in [2.45, 2.75) is 59.8 Å². The maximum Gasteiger partial charge on any atom is 0.0406 e. The van der Waals surface area contributed by atoms with Gasteiger partial charge in [-0.15, -0.1) is 11.6 Å². The van der Waals surface area contributed by atoms with Crippen LogP contribution in [-0.2, 0) is 0 Å². The molecular weight excluding hydrogens is 216 g/mol. The minimum absolute atomic E-state index is 0.420. The molecule has 0 N–H and O–H groups in total. The van der Waals surface area contributed by atoms with E-state index in [0.29, 0.717) is 11.3 Å². The van der Waals surface area contributed by atoms with Crippen molar-refractivity contribution in [2.75, 3.05) is 5.88 Å². The number of rotatable bonds is 4. The fourth-order valence-corrected chi connectivity index (χ4v) is 3.05. The Morgan fingerprint density at radius 2 is 2.12 bits per heavy atom. The van der Waals surface area contributed by atoms with Gasteiger partial charge in [0.15, 0.2) is 0 Å².